The average molecular weight is 925 g/mol. The van der Waals surface area contributed by atoms with Gasteiger partial charge >= 0.3 is 12.4 Å². The molecule has 6 heterocycles. The van der Waals surface area contributed by atoms with Gasteiger partial charge in [-0.25, -0.2) is 9.36 Å². The van der Waals surface area contributed by atoms with Crippen molar-refractivity contribution in [2.45, 2.75) is 53.3 Å². The Bertz CT molecular complexity index is 2870. The Hall–Kier alpha value is -7.47. The molecule has 8 aromatic rings. The number of anilines is 4. The Kier molecular flexibility index (Phi) is 14.4. The lowest BCUT2D eigenvalue weighted by molar-refractivity contribution is -0.138. The first kappa shape index (κ1) is 47.0. The highest BCUT2D eigenvalue weighted by molar-refractivity contribution is 6.29. The average Bonchev–Trinajstić information content (AvgIpc) is 4.03. The van der Waals surface area contributed by atoms with Crippen molar-refractivity contribution in [3.05, 3.63) is 136 Å². The predicted octanol–water partition coefficient (Wildman–Crippen LogP) is 7.75. The first-order valence-corrected chi connectivity index (χ1v) is 19.4. The minimum absolute atomic E-state index is 0.0339. The summed E-state index contributed by atoms with van der Waals surface area (Å²) in [6.45, 7) is 7.41. The van der Waals surface area contributed by atoms with Crippen LogP contribution in [0.1, 0.15) is 45.3 Å². The van der Waals surface area contributed by atoms with Crippen molar-refractivity contribution >= 4 is 34.6 Å². The number of aromatic nitrogens is 14. The lowest BCUT2D eigenvalue weighted by Crippen LogP contribution is -2.10. The van der Waals surface area contributed by atoms with Crippen molar-refractivity contribution in [2.75, 3.05) is 10.6 Å². The van der Waals surface area contributed by atoms with E-state index in [4.69, 9.17) is 21.4 Å². The minimum atomic E-state index is -4.46. The molecule has 6 aromatic heterocycles. The molecule has 8 rings (SSSR count). The lowest BCUT2D eigenvalue weighted by atomic mass is 10.2. The van der Waals surface area contributed by atoms with Crippen LogP contribution in [0.4, 0.5) is 49.4 Å². The zero-order chi connectivity index (χ0) is 47.1. The summed E-state index contributed by atoms with van der Waals surface area (Å²) in [7, 11) is 3.39. The van der Waals surface area contributed by atoms with Gasteiger partial charge in [0.15, 0.2) is 0 Å². The van der Waals surface area contributed by atoms with E-state index in [1.807, 2.05) is 39.8 Å². The molecular formula is C40H39ClF6N16O2. The third-order valence-electron chi connectivity index (χ3n) is 8.52. The minimum Gasteiger partial charge on any atom is -0.471 e. The van der Waals surface area contributed by atoms with Gasteiger partial charge in [0.1, 0.15) is 34.8 Å². The third-order valence-corrected chi connectivity index (χ3v) is 8.71. The standard InChI is InChI=1S/C20H19F3N8O.C16H13ClF3N5.C4H7N3O/c1-12-7-13(2)31(28-12)19-26-17(25-15-6-4-5-14(8-15)20(21,22)23)9-18(27-19)32-11-16-10-24-30(3)29-16;1-9-6-10(2)25(24-9)15-22-13(17)8-14(23-15)21-12-5-3-4-11(7-12)16(18,19)20;1-7-5-2-4(3-8)6-7/h4-10H,11H2,1-3H3,(H,25,26,27);3-8H,1-2H3,(H,21,22,23);2,8H,3H2,1H3. The van der Waals surface area contributed by atoms with E-state index in [9.17, 15) is 26.3 Å². The van der Waals surface area contributed by atoms with Gasteiger partial charge in [-0.15, -0.1) is 0 Å². The van der Waals surface area contributed by atoms with E-state index in [1.165, 1.54) is 61.6 Å². The Morgan fingerprint density at radius 3 is 1.51 bits per heavy atom. The number of nitrogens with zero attached hydrogens (tertiary/aromatic N) is 14. The van der Waals surface area contributed by atoms with Gasteiger partial charge in [-0.3, -0.25) is 0 Å². The Morgan fingerprint density at radius 2 is 1.09 bits per heavy atom. The Balaban J connectivity index is 0.000000188. The fourth-order valence-electron chi connectivity index (χ4n) is 5.78. The number of nitrogens with one attached hydrogen (secondary N) is 2. The van der Waals surface area contributed by atoms with Crippen LogP contribution in [0.2, 0.25) is 5.15 Å². The van der Waals surface area contributed by atoms with Crippen molar-refractivity contribution in [1.29, 1.82) is 0 Å². The maximum Gasteiger partial charge on any atom is 0.416 e. The van der Waals surface area contributed by atoms with Crippen LogP contribution in [0.15, 0.2) is 85.2 Å². The first-order chi connectivity index (χ1) is 30.7. The second-order valence-electron chi connectivity index (χ2n) is 13.9. The molecule has 0 unspecified atom stereocenters. The molecule has 18 nitrogen and oxygen atoms in total. The number of hydrogen-bond donors (Lipinski definition) is 3. The SMILES string of the molecule is Cc1cc(C)n(-c2nc(Cl)cc(Nc3cccc(C(F)(F)F)c3)n2)n1.Cc1cc(C)n(-c2nc(Nc3cccc(C(F)(F)F)c3)cc(OCc3cnn(C)n3)n2)n1.Cn1ncc(CO)n1. The van der Waals surface area contributed by atoms with Crippen molar-refractivity contribution in [3.8, 4) is 17.8 Å². The van der Waals surface area contributed by atoms with Crippen molar-refractivity contribution in [1.82, 2.24) is 69.5 Å². The molecule has 25 heteroatoms. The second-order valence-corrected chi connectivity index (χ2v) is 14.3. The number of aliphatic hydroxyl groups excluding tert-OH is 1. The van der Waals surface area contributed by atoms with Gasteiger partial charge in [0, 0.05) is 49.0 Å². The summed E-state index contributed by atoms with van der Waals surface area (Å²) in [4.78, 5) is 20.0. The fraction of sp³-hybridized carbons (Fsp3) is 0.250. The summed E-state index contributed by atoms with van der Waals surface area (Å²) in [5.41, 5.74) is 3.28. The predicted molar refractivity (Wildman–Crippen MR) is 224 cm³/mol. The number of alkyl halides is 6. The van der Waals surface area contributed by atoms with E-state index in [-0.39, 0.29) is 59.2 Å². The summed E-state index contributed by atoms with van der Waals surface area (Å²) in [5, 5.41) is 38.6. The highest BCUT2D eigenvalue weighted by Crippen LogP contribution is 2.33. The molecule has 0 aliphatic carbocycles. The van der Waals surface area contributed by atoms with Crippen LogP contribution in [0.5, 0.6) is 5.88 Å². The summed E-state index contributed by atoms with van der Waals surface area (Å²) in [5.74, 6) is 1.15. The van der Waals surface area contributed by atoms with Gasteiger partial charge in [0.2, 0.25) is 5.88 Å². The molecule has 0 atom stereocenters. The van der Waals surface area contributed by atoms with Gasteiger partial charge in [0.25, 0.3) is 11.9 Å². The number of rotatable bonds is 10. The monoisotopic (exact) mass is 924 g/mol. The Labute approximate surface area is 370 Å². The number of aliphatic hydroxyl groups is 1. The molecule has 0 fully saturated rings. The van der Waals surface area contributed by atoms with Crippen LogP contribution in [0.3, 0.4) is 0 Å². The van der Waals surface area contributed by atoms with Gasteiger partial charge in [-0.1, -0.05) is 23.7 Å². The lowest BCUT2D eigenvalue weighted by Gasteiger charge is -2.13. The van der Waals surface area contributed by atoms with Gasteiger partial charge in [0.05, 0.1) is 41.5 Å². The van der Waals surface area contributed by atoms with Gasteiger partial charge in [-0.2, -0.15) is 86.5 Å². The van der Waals surface area contributed by atoms with Crippen molar-refractivity contribution in [3.63, 3.8) is 0 Å². The molecule has 65 heavy (non-hydrogen) atoms. The van der Waals surface area contributed by atoms with Gasteiger partial charge < -0.3 is 20.5 Å². The second kappa shape index (κ2) is 19.9. The normalized spacial score (nSPS) is 11.4. The molecule has 0 aliphatic heterocycles. The van der Waals surface area contributed by atoms with Crippen LogP contribution in [-0.2, 0) is 39.7 Å². The van der Waals surface area contributed by atoms with Crippen LogP contribution < -0.4 is 15.4 Å². The smallest absolute Gasteiger partial charge is 0.416 e. The third kappa shape index (κ3) is 13.0. The van der Waals surface area contributed by atoms with E-state index >= 15 is 0 Å². The number of aryl methyl sites for hydroxylation is 6. The van der Waals surface area contributed by atoms with E-state index in [0.29, 0.717) is 11.4 Å². The largest absolute Gasteiger partial charge is 0.471 e. The highest BCUT2D eigenvalue weighted by atomic mass is 35.5. The summed E-state index contributed by atoms with van der Waals surface area (Å²) in [6, 6.07) is 16.3. The van der Waals surface area contributed by atoms with E-state index < -0.39 is 23.5 Å². The molecular weight excluding hydrogens is 886 g/mol. The molecule has 2 aromatic carbocycles. The molecule has 340 valence electrons. The zero-order valence-corrected chi connectivity index (χ0v) is 36.0. The molecule has 0 aliphatic rings. The maximum absolute atomic E-state index is 13.1. The molecule has 0 amide bonds. The molecule has 0 saturated heterocycles. The fourth-order valence-corrected chi connectivity index (χ4v) is 5.96. The van der Waals surface area contributed by atoms with Crippen LogP contribution >= 0.6 is 11.6 Å². The zero-order valence-electron chi connectivity index (χ0n) is 35.3. The molecule has 0 radical (unpaired) electrons. The number of ether oxygens (including phenoxy) is 1. The maximum atomic E-state index is 13.1. The summed E-state index contributed by atoms with van der Waals surface area (Å²) < 4.78 is 86.4. The number of hydrogen-bond acceptors (Lipinski definition) is 14. The number of benzene rings is 2. The first-order valence-electron chi connectivity index (χ1n) is 19.1. The summed E-state index contributed by atoms with van der Waals surface area (Å²) >= 11 is 6.02. The molecule has 0 bridgehead atoms. The van der Waals surface area contributed by atoms with Crippen LogP contribution in [0.25, 0.3) is 11.9 Å². The Morgan fingerprint density at radius 1 is 0.615 bits per heavy atom. The van der Waals surface area contributed by atoms with E-state index in [2.05, 4.69) is 61.2 Å². The van der Waals surface area contributed by atoms with Gasteiger partial charge in [-0.05, 0) is 76.2 Å². The number of halogens is 7. The van der Waals surface area contributed by atoms with Crippen molar-refractivity contribution in [2.24, 2.45) is 14.1 Å². The quantitative estimate of drug-likeness (QED) is 0.0888. The summed E-state index contributed by atoms with van der Waals surface area (Å²) in [6.07, 6.45) is -5.79. The van der Waals surface area contributed by atoms with E-state index in [1.54, 1.807) is 20.3 Å². The van der Waals surface area contributed by atoms with E-state index in [0.717, 1.165) is 47.0 Å². The topological polar surface area (TPSA) is 202 Å². The molecule has 0 spiro atoms. The van der Waals surface area contributed by atoms with Crippen LogP contribution in [0, 0.1) is 27.7 Å². The van der Waals surface area contributed by atoms with Crippen LogP contribution in [-0.4, -0.2) is 74.6 Å². The molecule has 3 N–H and O–H groups in total. The van der Waals surface area contributed by atoms with Crippen molar-refractivity contribution < 1.29 is 36.2 Å². The molecule has 0 saturated carbocycles. The highest BCUT2D eigenvalue weighted by Gasteiger charge is 2.31.